The largest absolute Gasteiger partial charge is 0.468 e. The Labute approximate surface area is 160 Å². The van der Waals surface area contributed by atoms with E-state index in [-0.39, 0.29) is 45.6 Å². The van der Waals surface area contributed by atoms with Gasteiger partial charge < -0.3 is 18.6 Å². The molecular formula is C22H30O5. The number of rotatable bonds is 3. The van der Waals surface area contributed by atoms with E-state index in [0.717, 1.165) is 12.2 Å². The summed E-state index contributed by atoms with van der Waals surface area (Å²) < 4.78 is 24.2. The summed E-state index contributed by atoms with van der Waals surface area (Å²) in [7, 11) is 1.56. The molecule has 0 spiro atoms. The lowest BCUT2D eigenvalue weighted by Crippen LogP contribution is -2.74. The molecule has 0 unspecified atom stereocenters. The first kappa shape index (κ1) is 17.7. The van der Waals surface area contributed by atoms with Crippen molar-refractivity contribution in [3.63, 3.8) is 0 Å². The van der Waals surface area contributed by atoms with Crippen molar-refractivity contribution < 1.29 is 18.6 Å². The number of epoxide rings is 2. The predicted molar refractivity (Wildman–Crippen MR) is 100 cm³/mol. The molecule has 2 saturated heterocycles. The Kier molecular flexibility index (Phi) is 3.04. The van der Waals surface area contributed by atoms with Crippen LogP contribution in [0.1, 0.15) is 57.9 Å². The SMILES string of the molecule is CC[C@H]1[C@](C)(c2oc(OC)c(C)c(=O)c2C)[C@@H]2[C@@]3(C)O[C@H]3[C@@]3(C)O[C@H]3[C@]12C. The summed E-state index contributed by atoms with van der Waals surface area (Å²) in [6.45, 7) is 14.9. The van der Waals surface area contributed by atoms with E-state index in [2.05, 4.69) is 34.6 Å². The molecule has 27 heavy (non-hydrogen) atoms. The Balaban J connectivity index is 1.72. The van der Waals surface area contributed by atoms with Crippen molar-refractivity contribution >= 4 is 0 Å². The van der Waals surface area contributed by atoms with Gasteiger partial charge in [0.05, 0.1) is 24.4 Å². The second-order valence-corrected chi connectivity index (χ2v) is 9.91. The van der Waals surface area contributed by atoms with Crippen molar-refractivity contribution in [2.45, 2.75) is 83.7 Å². The molecule has 4 fully saturated rings. The lowest BCUT2D eigenvalue weighted by Gasteiger charge is -2.68. The van der Waals surface area contributed by atoms with Gasteiger partial charge in [-0.3, -0.25) is 4.79 Å². The van der Waals surface area contributed by atoms with Gasteiger partial charge in [-0.25, -0.2) is 0 Å². The molecule has 1 aromatic heterocycles. The highest BCUT2D eigenvalue weighted by Crippen LogP contribution is 2.83. The van der Waals surface area contributed by atoms with E-state index in [9.17, 15) is 4.79 Å². The maximum absolute atomic E-state index is 12.9. The Morgan fingerprint density at radius 3 is 2.22 bits per heavy atom. The molecule has 0 N–H and O–H groups in total. The molecule has 5 heteroatoms. The third-order valence-corrected chi connectivity index (χ3v) is 8.63. The zero-order chi connectivity index (χ0) is 19.7. The minimum absolute atomic E-state index is 0.0134. The molecule has 5 rings (SSSR count). The van der Waals surface area contributed by atoms with Crippen molar-refractivity contribution in [3.05, 3.63) is 27.1 Å². The lowest BCUT2D eigenvalue weighted by molar-refractivity contribution is -0.186. The number of ether oxygens (including phenoxy) is 3. The minimum Gasteiger partial charge on any atom is -0.468 e. The van der Waals surface area contributed by atoms with Crippen molar-refractivity contribution in [2.75, 3.05) is 7.11 Å². The number of hydrogen-bond acceptors (Lipinski definition) is 5. The van der Waals surface area contributed by atoms with Crippen LogP contribution in [0.3, 0.4) is 0 Å². The molecule has 2 aliphatic carbocycles. The van der Waals surface area contributed by atoms with Gasteiger partial charge in [-0.15, -0.1) is 0 Å². The van der Waals surface area contributed by atoms with Gasteiger partial charge in [-0.1, -0.05) is 27.2 Å². The Morgan fingerprint density at radius 2 is 1.63 bits per heavy atom. The van der Waals surface area contributed by atoms with Gasteiger partial charge in [0.1, 0.15) is 17.5 Å². The van der Waals surface area contributed by atoms with Gasteiger partial charge in [0.25, 0.3) is 5.95 Å². The third-order valence-electron chi connectivity index (χ3n) is 8.63. The van der Waals surface area contributed by atoms with Crippen LogP contribution in [0.5, 0.6) is 5.95 Å². The molecule has 1 aromatic rings. The number of methoxy groups -OCH3 is 1. The van der Waals surface area contributed by atoms with Crippen molar-refractivity contribution in [3.8, 4) is 5.95 Å². The van der Waals surface area contributed by atoms with Gasteiger partial charge >= 0.3 is 0 Å². The quantitative estimate of drug-likeness (QED) is 0.758. The molecule has 2 aliphatic heterocycles. The van der Waals surface area contributed by atoms with Gasteiger partial charge in [-0.2, -0.15) is 0 Å². The molecule has 0 amide bonds. The molecule has 0 radical (unpaired) electrons. The molecular weight excluding hydrogens is 344 g/mol. The van der Waals surface area contributed by atoms with Crippen LogP contribution in [0.4, 0.5) is 0 Å². The van der Waals surface area contributed by atoms with Crippen LogP contribution in [0.15, 0.2) is 9.21 Å². The average molecular weight is 374 g/mol. The minimum atomic E-state index is -0.287. The molecule has 0 bridgehead atoms. The first-order chi connectivity index (χ1) is 12.5. The summed E-state index contributed by atoms with van der Waals surface area (Å²) in [5, 5.41) is 0. The Hall–Kier alpha value is -1.33. The maximum Gasteiger partial charge on any atom is 0.291 e. The zero-order valence-electron chi connectivity index (χ0n) is 17.6. The van der Waals surface area contributed by atoms with E-state index in [0.29, 0.717) is 23.0 Å². The average Bonchev–Trinajstić information content (AvgIpc) is 3.48. The van der Waals surface area contributed by atoms with Crippen molar-refractivity contribution in [1.82, 2.24) is 0 Å². The van der Waals surface area contributed by atoms with E-state index < -0.39 is 0 Å². The van der Waals surface area contributed by atoms with E-state index >= 15 is 0 Å². The summed E-state index contributed by atoms with van der Waals surface area (Å²) in [6.07, 6.45) is 1.34. The highest BCUT2D eigenvalue weighted by molar-refractivity contribution is 5.46. The number of hydrogen-bond donors (Lipinski definition) is 0. The van der Waals surface area contributed by atoms with Crippen molar-refractivity contribution in [2.24, 2.45) is 17.3 Å². The highest BCUT2D eigenvalue weighted by atomic mass is 16.7. The van der Waals surface area contributed by atoms with E-state index in [1.54, 1.807) is 14.0 Å². The first-order valence-electron chi connectivity index (χ1n) is 10.1. The topological polar surface area (TPSA) is 64.5 Å². The van der Waals surface area contributed by atoms with Crippen molar-refractivity contribution in [1.29, 1.82) is 0 Å². The summed E-state index contributed by atoms with van der Waals surface area (Å²) >= 11 is 0. The molecule has 4 aliphatic rings. The van der Waals surface area contributed by atoms with Crippen LogP contribution in [-0.2, 0) is 14.9 Å². The maximum atomic E-state index is 12.9. The lowest BCUT2D eigenvalue weighted by atomic mass is 9.32. The van der Waals surface area contributed by atoms with Crippen LogP contribution in [0.2, 0.25) is 0 Å². The number of fused-ring (bicyclic) bond motifs is 6. The highest BCUT2D eigenvalue weighted by Gasteiger charge is 2.92. The van der Waals surface area contributed by atoms with Crippen LogP contribution >= 0.6 is 0 Å². The smallest absolute Gasteiger partial charge is 0.291 e. The molecule has 148 valence electrons. The van der Waals surface area contributed by atoms with Gasteiger partial charge in [0.15, 0.2) is 5.43 Å². The fourth-order valence-corrected chi connectivity index (χ4v) is 8.02. The third kappa shape index (κ3) is 1.61. The molecule has 2 saturated carbocycles. The Morgan fingerprint density at radius 1 is 1.00 bits per heavy atom. The summed E-state index contributed by atoms with van der Waals surface area (Å²) in [6, 6.07) is 0. The second-order valence-electron chi connectivity index (χ2n) is 9.91. The first-order valence-corrected chi connectivity index (χ1v) is 10.1. The Bertz CT molecular complexity index is 920. The van der Waals surface area contributed by atoms with Crippen LogP contribution in [0.25, 0.3) is 0 Å². The molecule has 5 nitrogen and oxygen atoms in total. The molecule has 0 aromatic carbocycles. The van der Waals surface area contributed by atoms with E-state index in [1.165, 1.54) is 0 Å². The van der Waals surface area contributed by atoms with E-state index in [1.807, 2.05) is 6.92 Å². The predicted octanol–water partition coefficient (Wildman–Crippen LogP) is 3.51. The van der Waals surface area contributed by atoms with Crippen LogP contribution in [0, 0.1) is 31.1 Å². The van der Waals surface area contributed by atoms with Gasteiger partial charge in [0, 0.05) is 22.3 Å². The van der Waals surface area contributed by atoms with Crippen LogP contribution in [-0.4, -0.2) is 30.5 Å². The fourth-order valence-electron chi connectivity index (χ4n) is 8.02. The normalized spacial score (nSPS) is 51.6. The van der Waals surface area contributed by atoms with E-state index in [4.69, 9.17) is 18.6 Å². The molecule has 3 heterocycles. The monoisotopic (exact) mass is 374 g/mol. The van der Waals surface area contributed by atoms with Crippen LogP contribution < -0.4 is 10.2 Å². The standard InChI is InChI=1S/C22H30O5/c1-9-12-19(4,14-10(2)13(23)11(3)15(24-8)25-14)16-20(12,5)17-22(7,26-17)18-21(16,6)27-18/h12,16-18H,9H2,1-8H3/t12-,16-,17-,18+,19+,20+,21+,22-/m0/s1. The summed E-state index contributed by atoms with van der Waals surface area (Å²) in [4.78, 5) is 12.9. The van der Waals surface area contributed by atoms with Gasteiger partial charge in [0.2, 0.25) is 0 Å². The zero-order valence-corrected chi connectivity index (χ0v) is 17.6. The second kappa shape index (κ2) is 4.62. The fraction of sp³-hybridized carbons (Fsp3) is 0.773. The summed E-state index contributed by atoms with van der Waals surface area (Å²) in [5.41, 5.74) is 0.580. The summed E-state index contributed by atoms with van der Waals surface area (Å²) in [5.74, 6) is 1.68. The van der Waals surface area contributed by atoms with Gasteiger partial charge in [-0.05, 0) is 33.6 Å². The molecule has 8 atom stereocenters.